The van der Waals surface area contributed by atoms with Gasteiger partial charge in [0.15, 0.2) is 5.82 Å². The van der Waals surface area contributed by atoms with Crippen molar-refractivity contribution in [2.45, 2.75) is 0 Å². The molecule has 0 aliphatic heterocycles. The Morgan fingerprint density at radius 2 is 1.88 bits per heavy atom. The number of pyridine rings is 1. The van der Waals surface area contributed by atoms with Gasteiger partial charge in [-0.15, -0.1) is 0 Å². The highest BCUT2D eigenvalue weighted by Gasteiger charge is 2.08. The van der Waals surface area contributed by atoms with Crippen LogP contribution >= 0.6 is 0 Å². The summed E-state index contributed by atoms with van der Waals surface area (Å²) < 4.78 is 26.8. The Hall–Kier alpha value is -2.23. The summed E-state index contributed by atoms with van der Waals surface area (Å²) in [6.45, 7) is 0. The van der Waals surface area contributed by atoms with E-state index in [0.717, 1.165) is 0 Å². The van der Waals surface area contributed by atoms with Crippen LogP contribution in [0.4, 0.5) is 8.78 Å². The highest BCUT2D eigenvalue weighted by Crippen LogP contribution is 2.25. The molecule has 1 aromatic carbocycles. The maximum atomic E-state index is 13.6. The molecule has 0 amide bonds. The molecule has 0 atom stereocenters. The molecule has 0 spiro atoms. The van der Waals surface area contributed by atoms with Crippen molar-refractivity contribution in [3.05, 3.63) is 54.4 Å². The molecule has 2 nitrogen and oxygen atoms in total. The number of H-pyrrole nitrogens is 1. The Morgan fingerprint density at radius 3 is 2.71 bits per heavy atom. The zero-order chi connectivity index (χ0) is 11.8. The lowest BCUT2D eigenvalue weighted by Gasteiger charge is -2.02. The van der Waals surface area contributed by atoms with E-state index >= 15 is 0 Å². The lowest BCUT2D eigenvalue weighted by Crippen LogP contribution is -1.86. The molecule has 17 heavy (non-hydrogen) atoms. The average Bonchev–Trinajstić information content (AvgIpc) is 2.71. The standard InChI is InChI=1S/C13H8F2N2/c14-10-4-2-1-3-9(10)8-5-12-13(17-6-8)11(15)7-16-12/h1-7,16H. The fraction of sp³-hybridized carbons (Fsp3) is 0. The monoisotopic (exact) mass is 230 g/mol. The number of rotatable bonds is 1. The third-order valence-corrected chi connectivity index (χ3v) is 2.65. The quantitative estimate of drug-likeness (QED) is 0.680. The van der Waals surface area contributed by atoms with Crippen molar-refractivity contribution >= 4 is 11.0 Å². The summed E-state index contributed by atoms with van der Waals surface area (Å²) >= 11 is 0. The molecule has 0 unspecified atom stereocenters. The number of nitrogens with zero attached hydrogens (tertiary/aromatic N) is 1. The maximum absolute atomic E-state index is 13.6. The number of hydrogen-bond donors (Lipinski definition) is 1. The average molecular weight is 230 g/mol. The van der Waals surface area contributed by atoms with Crippen molar-refractivity contribution in [1.82, 2.24) is 9.97 Å². The van der Waals surface area contributed by atoms with Crippen molar-refractivity contribution in [2.75, 3.05) is 0 Å². The Morgan fingerprint density at radius 1 is 1.06 bits per heavy atom. The lowest BCUT2D eigenvalue weighted by atomic mass is 10.1. The van der Waals surface area contributed by atoms with Gasteiger partial charge >= 0.3 is 0 Å². The van der Waals surface area contributed by atoms with E-state index in [-0.39, 0.29) is 11.3 Å². The van der Waals surface area contributed by atoms with E-state index < -0.39 is 5.82 Å². The van der Waals surface area contributed by atoms with Gasteiger partial charge in [0.2, 0.25) is 0 Å². The smallest absolute Gasteiger partial charge is 0.166 e. The van der Waals surface area contributed by atoms with Crippen molar-refractivity contribution < 1.29 is 8.78 Å². The van der Waals surface area contributed by atoms with Gasteiger partial charge in [0.05, 0.1) is 5.52 Å². The Kier molecular flexibility index (Phi) is 2.14. The van der Waals surface area contributed by atoms with Crippen LogP contribution in [0.25, 0.3) is 22.2 Å². The van der Waals surface area contributed by atoms with Gasteiger partial charge in [-0.1, -0.05) is 18.2 Å². The number of benzene rings is 1. The predicted octanol–water partition coefficient (Wildman–Crippen LogP) is 3.51. The molecule has 0 aliphatic carbocycles. The zero-order valence-corrected chi connectivity index (χ0v) is 8.74. The molecule has 0 aliphatic rings. The number of aromatic nitrogens is 2. The summed E-state index contributed by atoms with van der Waals surface area (Å²) in [4.78, 5) is 6.74. The summed E-state index contributed by atoms with van der Waals surface area (Å²) in [6.07, 6.45) is 2.71. The van der Waals surface area contributed by atoms with E-state index in [4.69, 9.17) is 0 Å². The SMILES string of the molecule is Fc1ccccc1-c1cnc2c(F)c[nH]c2c1. The molecule has 3 rings (SSSR count). The van der Waals surface area contributed by atoms with Gasteiger partial charge in [-0.3, -0.25) is 4.98 Å². The normalized spacial score (nSPS) is 10.9. The number of fused-ring (bicyclic) bond motifs is 1. The summed E-state index contributed by atoms with van der Waals surface area (Å²) in [5.41, 5.74) is 1.91. The topological polar surface area (TPSA) is 28.7 Å². The molecule has 4 heteroatoms. The number of halogens is 2. The van der Waals surface area contributed by atoms with E-state index in [9.17, 15) is 8.78 Å². The van der Waals surface area contributed by atoms with Gasteiger partial charge in [0.1, 0.15) is 11.3 Å². The molecule has 0 saturated heterocycles. The molecule has 0 fully saturated rings. The van der Waals surface area contributed by atoms with Gasteiger partial charge in [-0.05, 0) is 12.1 Å². The Bertz CT molecular complexity index is 689. The zero-order valence-electron chi connectivity index (χ0n) is 8.74. The van der Waals surface area contributed by atoms with E-state index in [1.54, 1.807) is 24.3 Å². The van der Waals surface area contributed by atoms with Crippen LogP contribution in [0, 0.1) is 11.6 Å². The molecule has 84 valence electrons. The van der Waals surface area contributed by atoms with Crippen molar-refractivity contribution in [3.8, 4) is 11.1 Å². The second kappa shape index (κ2) is 3.66. The van der Waals surface area contributed by atoms with Crippen LogP contribution in [0.3, 0.4) is 0 Å². The van der Waals surface area contributed by atoms with Crippen LogP contribution in [0.1, 0.15) is 0 Å². The van der Waals surface area contributed by atoms with E-state index in [2.05, 4.69) is 9.97 Å². The fourth-order valence-corrected chi connectivity index (χ4v) is 1.82. The van der Waals surface area contributed by atoms with Crippen LogP contribution in [0.15, 0.2) is 42.7 Å². The predicted molar refractivity (Wildman–Crippen MR) is 61.4 cm³/mol. The van der Waals surface area contributed by atoms with E-state index in [0.29, 0.717) is 16.6 Å². The van der Waals surface area contributed by atoms with E-state index in [1.807, 2.05) is 0 Å². The molecule has 2 aromatic heterocycles. The number of aromatic amines is 1. The van der Waals surface area contributed by atoms with Crippen LogP contribution in [0.5, 0.6) is 0 Å². The fourth-order valence-electron chi connectivity index (χ4n) is 1.82. The molecular weight excluding hydrogens is 222 g/mol. The van der Waals surface area contributed by atoms with Gasteiger partial charge in [-0.2, -0.15) is 0 Å². The first kappa shape index (κ1) is 9.96. The molecule has 0 saturated carbocycles. The molecule has 0 bridgehead atoms. The Labute approximate surface area is 95.9 Å². The van der Waals surface area contributed by atoms with E-state index in [1.165, 1.54) is 18.5 Å². The highest BCUT2D eigenvalue weighted by molar-refractivity contribution is 5.81. The second-order valence-electron chi connectivity index (χ2n) is 3.74. The summed E-state index contributed by atoms with van der Waals surface area (Å²) in [5.74, 6) is -0.722. The van der Waals surface area contributed by atoms with Gasteiger partial charge in [-0.25, -0.2) is 8.78 Å². The molecule has 0 radical (unpaired) electrons. The van der Waals surface area contributed by atoms with Crippen molar-refractivity contribution in [3.63, 3.8) is 0 Å². The molecule has 2 heterocycles. The second-order valence-corrected chi connectivity index (χ2v) is 3.74. The van der Waals surface area contributed by atoms with Crippen molar-refractivity contribution in [2.24, 2.45) is 0 Å². The van der Waals surface area contributed by atoms with Crippen LogP contribution < -0.4 is 0 Å². The van der Waals surface area contributed by atoms with Crippen LogP contribution in [0.2, 0.25) is 0 Å². The van der Waals surface area contributed by atoms with Crippen LogP contribution in [-0.2, 0) is 0 Å². The van der Waals surface area contributed by atoms with Gasteiger partial charge in [0, 0.05) is 23.5 Å². The lowest BCUT2D eigenvalue weighted by molar-refractivity contribution is 0.631. The van der Waals surface area contributed by atoms with Crippen LogP contribution in [-0.4, -0.2) is 9.97 Å². The minimum absolute atomic E-state index is 0.269. The maximum Gasteiger partial charge on any atom is 0.166 e. The van der Waals surface area contributed by atoms with Crippen molar-refractivity contribution in [1.29, 1.82) is 0 Å². The molecular formula is C13H8F2N2. The van der Waals surface area contributed by atoms with Gasteiger partial charge in [0.25, 0.3) is 0 Å². The summed E-state index contributed by atoms with van der Waals surface area (Å²) in [6, 6.07) is 8.10. The molecule has 3 aromatic rings. The summed E-state index contributed by atoms with van der Waals surface area (Å²) in [5, 5.41) is 0. The first-order chi connectivity index (χ1) is 8.25. The largest absolute Gasteiger partial charge is 0.357 e. The van der Waals surface area contributed by atoms with Gasteiger partial charge < -0.3 is 4.98 Å². The number of nitrogens with one attached hydrogen (secondary N) is 1. The Balaban J connectivity index is 2.22. The third-order valence-electron chi connectivity index (χ3n) is 2.65. The third kappa shape index (κ3) is 1.58. The molecule has 1 N–H and O–H groups in total. The first-order valence-corrected chi connectivity index (χ1v) is 5.13. The highest BCUT2D eigenvalue weighted by atomic mass is 19.1. The number of hydrogen-bond acceptors (Lipinski definition) is 1. The minimum Gasteiger partial charge on any atom is -0.357 e. The first-order valence-electron chi connectivity index (χ1n) is 5.13. The summed E-state index contributed by atoms with van der Waals surface area (Å²) in [7, 11) is 0. The minimum atomic E-state index is -0.403.